The zero-order chi connectivity index (χ0) is 10.3. The summed E-state index contributed by atoms with van der Waals surface area (Å²) in [6, 6.07) is 4.25. The highest BCUT2D eigenvalue weighted by molar-refractivity contribution is 14.1. The summed E-state index contributed by atoms with van der Waals surface area (Å²) in [5.74, 6) is 0.495. The van der Waals surface area contributed by atoms with E-state index < -0.39 is 0 Å². The Morgan fingerprint density at radius 1 is 1.43 bits per heavy atom. The first-order chi connectivity index (χ1) is 6.59. The van der Waals surface area contributed by atoms with Crippen molar-refractivity contribution in [3.8, 4) is 0 Å². The van der Waals surface area contributed by atoms with Gasteiger partial charge in [0.1, 0.15) is 3.70 Å². The van der Waals surface area contributed by atoms with Gasteiger partial charge >= 0.3 is 0 Å². The maximum Gasteiger partial charge on any atom is 0.104 e. The number of nitrogens with one attached hydrogen (secondary N) is 1. The standard InChI is InChI=1S/C10H10BrIN2/c1-5(2)7-3-6(11)4-8-9(7)13-14-10(8)12/h3-5H,1-2H3,(H,13,14). The smallest absolute Gasteiger partial charge is 0.104 e. The summed E-state index contributed by atoms with van der Waals surface area (Å²) in [4.78, 5) is 0. The van der Waals surface area contributed by atoms with Crippen molar-refractivity contribution >= 4 is 49.4 Å². The molecule has 0 fully saturated rings. The minimum Gasteiger partial charge on any atom is -0.271 e. The molecular formula is C10H10BrIN2. The van der Waals surface area contributed by atoms with Crippen LogP contribution in [0, 0.1) is 3.70 Å². The second kappa shape index (κ2) is 3.81. The zero-order valence-electron chi connectivity index (χ0n) is 7.94. The third-order valence-corrected chi connectivity index (χ3v) is 3.51. The zero-order valence-corrected chi connectivity index (χ0v) is 11.7. The molecule has 1 aromatic heterocycles. The minimum absolute atomic E-state index is 0.495. The van der Waals surface area contributed by atoms with Crippen LogP contribution in [0.4, 0.5) is 0 Å². The van der Waals surface area contributed by atoms with E-state index in [1.165, 1.54) is 10.9 Å². The number of aromatic nitrogens is 2. The number of benzene rings is 1. The number of hydrogen-bond donors (Lipinski definition) is 1. The molecule has 1 N–H and O–H groups in total. The Morgan fingerprint density at radius 3 is 2.79 bits per heavy atom. The van der Waals surface area contributed by atoms with Crippen LogP contribution >= 0.6 is 38.5 Å². The van der Waals surface area contributed by atoms with Crippen LogP contribution in [0.25, 0.3) is 10.9 Å². The lowest BCUT2D eigenvalue weighted by Gasteiger charge is -2.06. The molecule has 2 aromatic rings. The molecule has 0 unspecified atom stereocenters. The van der Waals surface area contributed by atoms with Crippen LogP contribution in [0.3, 0.4) is 0 Å². The van der Waals surface area contributed by atoms with Crippen molar-refractivity contribution in [1.29, 1.82) is 0 Å². The summed E-state index contributed by atoms with van der Waals surface area (Å²) >= 11 is 5.80. The molecule has 1 aromatic carbocycles. The molecule has 0 radical (unpaired) electrons. The van der Waals surface area contributed by atoms with Gasteiger partial charge in [-0.05, 0) is 46.2 Å². The molecule has 0 spiro atoms. The van der Waals surface area contributed by atoms with Gasteiger partial charge in [-0.1, -0.05) is 29.8 Å². The Balaban J connectivity index is 2.82. The molecule has 0 saturated heterocycles. The van der Waals surface area contributed by atoms with Crippen LogP contribution in [0.2, 0.25) is 0 Å². The Labute approximate surface area is 105 Å². The summed E-state index contributed by atoms with van der Waals surface area (Å²) < 4.78 is 2.22. The van der Waals surface area contributed by atoms with Gasteiger partial charge in [0.15, 0.2) is 0 Å². The molecule has 14 heavy (non-hydrogen) atoms. The third kappa shape index (κ3) is 1.69. The van der Waals surface area contributed by atoms with E-state index >= 15 is 0 Å². The summed E-state index contributed by atoms with van der Waals surface area (Å²) in [5.41, 5.74) is 2.38. The molecule has 2 rings (SSSR count). The summed E-state index contributed by atoms with van der Waals surface area (Å²) in [7, 11) is 0. The van der Waals surface area contributed by atoms with Crippen LogP contribution in [0.15, 0.2) is 16.6 Å². The SMILES string of the molecule is CC(C)c1cc(Br)cc2c(I)[nH]nc12. The molecule has 4 heteroatoms. The first-order valence-corrected chi connectivity index (χ1v) is 6.30. The predicted molar refractivity (Wildman–Crippen MR) is 70.6 cm³/mol. The Kier molecular flexibility index (Phi) is 2.83. The van der Waals surface area contributed by atoms with E-state index in [4.69, 9.17) is 0 Å². The highest BCUT2D eigenvalue weighted by Gasteiger charge is 2.11. The Morgan fingerprint density at radius 2 is 2.14 bits per heavy atom. The average Bonchev–Trinajstić information content (AvgIpc) is 2.47. The molecular weight excluding hydrogens is 355 g/mol. The molecule has 0 amide bonds. The summed E-state index contributed by atoms with van der Waals surface area (Å²) in [6.07, 6.45) is 0. The number of halogens is 2. The van der Waals surface area contributed by atoms with Gasteiger partial charge < -0.3 is 0 Å². The van der Waals surface area contributed by atoms with Gasteiger partial charge in [-0.15, -0.1) is 0 Å². The van der Waals surface area contributed by atoms with Crippen molar-refractivity contribution < 1.29 is 0 Å². The number of nitrogens with zero attached hydrogens (tertiary/aromatic N) is 1. The van der Waals surface area contributed by atoms with E-state index in [0.29, 0.717) is 5.92 Å². The van der Waals surface area contributed by atoms with Gasteiger partial charge in [0.25, 0.3) is 0 Å². The molecule has 0 aliphatic carbocycles. The number of fused-ring (bicyclic) bond motifs is 1. The van der Waals surface area contributed by atoms with Crippen molar-refractivity contribution in [3.05, 3.63) is 25.9 Å². The van der Waals surface area contributed by atoms with Gasteiger partial charge in [-0.3, -0.25) is 5.10 Å². The normalized spacial score (nSPS) is 11.5. The van der Waals surface area contributed by atoms with Crippen molar-refractivity contribution in [2.45, 2.75) is 19.8 Å². The highest BCUT2D eigenvalue weighted by atomic mass is 127. The minimum atomic E-state index is 0.495. The Hall–Kier alpha value is -0.100. The number of aromatic amines is 1. The molecule has 0 aliphatic heterocycles. The summed E-state index contributed by atoms with van der Waals surface area (Å²) in [5, 5.41) is 8.54. The highest BCUT2D eigenvalue weighted by Crippen LogP contribution is 2.30. The first-order valence-electron chi connectivity index (χ1n) is 4.42. The van der Waals surface area contributed by atoms with Crippen LogP contribution in [-0.2, 0) is 0 Å². The van der Waals surface area contributed by atoms with Crippen LogP contribution in [0.5, 0.6) is 0 Å². The van der Waals surface area contributed by atoms with Gasteiger partial charge in [-0.2, -0.15) is 5.10 Å². The van der Waals surface area contributed by atoms with Gasteiger partial charge in [0.2, 0.25) is 0 Å². The molecule has 1 heterocycles. The van der Waals surface area contributed by atoms with Crippen LogP contribution in [-0.4, -0.2) is 10.2 Å². The molecule has 0 saturated carbocycles. The van der Waals surface area contributed by atoms with Gasteiger partial charge in [0, 0.05) is 9.86 Å². The van der Waals surface area contributed by atoms with E-state index in [9.17, 15) is 0 Å². The lowest BCUT2D eigenvalue weighted by atomic mass is 10.0. The number of H-pyrrole nitrogens is 1. The molecule has 0 aliphatic rings. The second-order valence-corrected chi connectivity index (χ2v) is 5.58. The quantitative estimate of drug-likeness (QED) is 0.759. The number of rotatable bonds is 1. The molecule has 0 bridgehead atoms. The summed E-state index contributed by atoms with van der Waals surface area (Å²) in [6.45, 7) is 4.37. The van der Waals surface area contributed by atoms with E-state index in [0.717, 1.165) is 13.7 Å². The van der Waals surface area contributed by atoms with Gasteiger partial charge in [-0.25, -0.2) is 0 Å². The van der Waals surface area contributed by atoms with Gasteiger partial charge in [0.05, 0.1) is 5.52 Å². The molecule has 2 nitrogen and oxygen atoms in total. The molecule has 74 valence electrons. The lowest BCUT2D eigenvalue weighted by Crippen LogP contribution is -1.89. The Bertz CT molecular complexity index is 476. The van der Waals surface area contributed by atoms with Crippen molar-refractivity contribution in [3.63, 3.8) is 0 Å². The maximum absolute atomic E-state index is 4.33. The van der Waals surface area contributed by atoms with E-state index in [1.54, 1.807) is 0 Å². The second-order valence-electron chi connectivity index (χ2n) is 3.58. The van der Waals surface area contributed by atoms with Crippen molar-refractivity contribution in [2.75, 3.05) is 0 Å². The number of hydrogen-bond acceptors (Lipinski definition) is 1. The first kappa shape index (κ1) is 10.4. The fourth-order valence-corrected chi connectivity index (χ4v) is 2.53. The lowest BCUT2D eigenvalue weighted by molar-refractivity contribution is 0.870. The van der Waals surface area contributed by atoms with Crippen molar-refractivity contribution in [2.24, 2.45) is 0 Å². The van der Waals surface area contributed by atoms with E-state index in [1.807, 2.05) is 0 Å². The van der Waals surface area contributed by atoms with E-state index in [2.05, 4.69) is 74.7 Å². The van der Waals surface area contributed by atoms with Crippen LogP contribution in [0.1, 0.15) is 25.3 Å². The van der Waals surface area contributed by atoms with Crippen molar-refractivity contribution in [1.82, 2.24) is 10.2 Å². The monoisotopic (exact) mass is 364 g/mol. The van der Waals surface area contributed by atoms with Crippen LogP contribution < -0.4 is 0 Å². The molecule has 0 atom stereocenters. The predicted octanol–water partition coefficient (Wildman–Crippen LogP) is 4.05. The third-order valence-electron chi connectivity index (χ3n) is 2.23. The largest absolute Gasteiger partial charge is 0.271 e. The average molecular weight is 365 g/mol. The van der Waals surface area contributed by atoms with E-state index in [-0.39, 0.29) is 0 Å². The maximum atomic E-state index is 4.33. The topological polar surface area (TPSA) is 28.7 Å². The fraction of sp³-hybridized carbons (Fsp3) is 0.300. The fourth-order valence-electron chi connectivity index (χ4n) is 1.52.